The van der Waals surface area contributed by atoms with E-state index in [-0.39, 0.29) is 11.2 Å². The molecule has 0 unspecified atom stereocenters. The lowest BCUT2D eigenvalue weighted by Crippen LogP contribution is -2.51. The van der Waals surface area contributed by atoms with Gasteiger partial charge in [0, 0.05) is 69.7 Å². The lowest BCUT2D eigenvalue weighted by atomic mass is 9.91. The van der Waals surface area contributed by atoms with E-state index in [1.165, 1.54) is 0 Å². The van der Waals surface area contributed by atoms with Crippen LogP contribution in [0, 0.1) is 0 Å². The second-order valence-corrected chi connectivity index (χ2v) is 8.82. The summed E-state index contributed by atoms with van der Waals surface area (Å²) >= 11 is 6.72. The molecule has 1 aliphatic heterocycles. The van der Waals surface area contributed by atoms with Crippen molar-refractivity contribution in [3.63, 3.8) is 0 Å². The molecule has 4 heterocycles. The maximum atomic E-state index is 13.4. The van der Waals surface area contributed by atoms with E-state index in [0.717, 1.165) is 34.9 Å². The van der Waals surface area contributed by atoms with E-state index in [4.69, 9.17) is 27.1 Å². The summed E-state index contributed by atoms with van der Waals surface area (Å²) in [6.45, 7) is 1.91. The number of nitrogens with zero attached hydrogens (tertiary/aromatic N) is 5. The molecule has 0 atom stereocenters. The lowest BCUT2D eigenvalue weighted by molar-refractivity contribution is -0.0217. The van der Waals surface area contributed by atoms with Crippen LogP contribution in [0.2, 0.25) is 5.02 Å². The highest BCUT2D eigenvalue weighted by molar-refractivity contribution is 6.38. The van der Waals surface area contributed by atoms with Crippen LogP contribution in [0.1, 0.15) is 12.8 Å². The van der Waals surface area contributed by atoms with Crippen molar-refractivity contribution < 1.29 is 4.74 Å². The van der Waals surface area contributed by atoms with Gasteiger partial charge in [-0.1, -0.05) is 17.7 Å². The average molecular weight is 456 g/mol. The molecule has 0 amide bonds. The van der Waals surface area contributed by atoms with Gasteiger partial charge in [-0.2, -0.15) is 10.1 Å². The van der Waals surface area contributed by atoms with Gasteiger partial charge in [0.2, 0.25) is 5.95 Å². The molecule has 10 heteroatoms. The summed E-state index contributed by atoms with van der Waals surface area (Å²) in [7, 11) is 5.32. The Balaban J connectivity index is 1.58. The fourth-order valence-corrected chi connectivity index (χ4v) is 4.95. The number of halogens is 1. The highest BCUT2D eigenvalue weighted by atomic mass is 35.5. The molecule has 5 rings (SSSR count). The number of fused-ring (bicyclic) bond motifs is 2. The number of aromatic nitrogens is 5. The molecule has 3 aromatic heterocycles. The van der Waals surface area contributed by atoms with E-state index in [2.05, 4.69) is 15.0 Å². The van der Waals surface area contributed by atoms with Gasteiger partial charge in [-0.25, -0.2) is 0 Å². The Morgan fingerprint density at radius 1 is 1.25 bits per heavy atom. The Labute approximate surface area is 189 Å². The molecule has 9 nitrogen and oxygen atoms in total. The van der Waals surface area contributed by atoms with Crippen molar-refractivity contribution in [1.82, 2.24) is 24.3 Å². The van der Waals surface area contributed by atoms with Crippen LogP contribution in [0.3, 0.4) is 0 Å². The van der Waals surface area contributed by atoms with Gasteiger partial charge >= 0.3 is 0 Å². The molecule has 32 heavy (non-hydrogen) atoms. The number of H-pyrrole nitrogens is 1. The quantitative estimate of drug-likeness (QED) is 0.489. The number of aromatic amines is 1. The number of hydrogen-bond donors (Lipinski definition) is 2. The summed E-state index contributed by atoms with van der Waals surface area (Å²) in [4.78, 5) is 23.5. The van der Waals surface area contributed by atoms with Crippen LogP contribution in [0.4, 0.5) is 5.95 Å². The van der Waals surface area contributed by atoms with Crippen LogP contribution in [0.25, 0.3) is 33.1 Å². The second kappa shape index (κ2) is 7.61. The molecule has 3 N–H and O–H groups in total. The molecule has 1 aromatic carbocycles. The smallest absolute Gasteiger partial charge is 0.264 e. The highest BCUT2D eigenvalue weighted by Crippen LogP contribution is 2.37. The molecule has 0 aliphatic carbocycles. The van der Waals surface area contributed by atoms with Crippen molar-refractivity contribution in [3.05, 3.63) is 39.9 Å². The van der Waals surface area contributed by atoms with Crippen molar-refractivity contribution in [2.45, 2.75) is 18.4 Å². The molecule has 0 radical (unpaired) electrons. The number of ether oxygens (including phenoxy) is 1. The third-order valence-electron chi connectivity index (χ3n) is 6.68. The first-order valence-corrected chi connectivity index (χ1v) is 11.0. The molecule has 4 aromatic rings. The molecular formula is C22H26ClN7O2. The summed E-state index contributed by atoms with van der Waals surface area (Å²) in [5, 5.41) is 6.33. The normalized spacial score (nSPS) is 16.3. The monoisotopic (exact) mass is 455 g/mol. The molecule has 1 fully saturated rings. The maximum Gasteiger partial charge on any atom is 0.264 e. The van der Waals surface area contributed by atoms with Crippen molar-refractivity contribution in [3.8, 4) is 11.1 Å². The predicted molar refractivity (Wildman–Crippen MR) is 126 cm³/mol. The van der Waals surface area contributed by atoms with Gasteiger partial charge in [0.15, 0.2) is 0 Å². The van der Waals surface area contributed by atoms with Crippen molar-refractivity contribution in [2.24, 2.45) is 19.8 Å². The summed E-state index contributed by atoms with van der Waals surface area (Å²) in [6, 6.07) is 3.81. The van der Waals surface area contributed by atoms with Gasteiger partial charge in [0.05, 0.1) is 21.5 Å². The number of nitrogens with two attached hydrogens (primary N) is 1. The molecule has 0 bridgehead atoms. The molecule has 0 spiro atoms. The largest absolute Gasteiger partial charge is 0.377 e. The number of piperidine rings is 1. The minimum absolute atomic E-state index is 0.119. The van der Waals surface area contributed by atoms with Crippen LogP contribution >= 0.6 is 11.6 Å². The van der Waals surface area contributed by atoms with E-state index in [1.54, 1.807) is 29.6 Å². The summed E-state index contributed by atoms with van der Waals surface area (Å²) in [5.41, 5.74) is 8.37. The lowest BCUT2D eigenvalue weighted by Gasteiger charge is -2.40. The van der Waals surface area contributed by atoms with Gasteiger partial charge in [-0.15, -0.1) is 0 Å². The average Bonchev–Trinajstić information content (AvgIpc) is 3.40. The minimum Gasteiger partial charge on any atom is -0.377 e. The van der Waals surface area contributed by atoms with Gasteiger partial charge in [0.1, 0.15) is 5.65 Å². The highest BCUT2D eigenvalue weighted by Gasteiger charge is 2.34. The molecule has 0 saturated carbocycles. The molecule has 168 valence electrons. The first-order chi connectivity index (χ1) is 15.4. The fraction of sp³-hybridized carbons (Fsp3) is 0.409. The van der Waals surface area contributed by atoms with Crippen LogP contribution in [-0.2, 0) is 18.8 Å². The van der Waals surface area contributed by atoms with E-state index in [9.17, 15) is 4.79 Å². The number of methoxy groups -OCH3 is 1. The van der Waals surface area contributed by atoms with Crippen LogP contribution in [0.15, 0.2) is 29.3 Å². The van der Waals surface area contributed by atoms with Crippen molar-refractivity contribution >= 4 is 39.5 Å². The number of aryl methyl sites for hydroxylation is 1. The Morgan fingerprint density at radius 2 is 2.00 bits per heavy atom. The predicted octanol–water partition coefficient (Wildman–Crippen LogP) is 2.41. The van der Waals surface area contributed by atoms with Crippen LogP contribution in [0.5, 0.6) is 0 Å². The number of rotatable bonds is 4. The zero-order chi connectivity index (χ0) is 22.6. The second-order valence-electron chi connectivity index (χ2n) is 8.44. The Morgan fingerprint density at radius 3 is 2.69 bits per heavy atom. The zero-order valence-electron chi connectivity index (χ0n) is 18.4. The first-order valence-electron chi connectivity index (χ1n) is 10.6. The maximum absolute atomic E-state index is 13.4. The number of nitrogens with one attached hydrogen (secondary N) is 1. The number of anilines is 1. The van der Waals surface area contributed by atoms with E-state index < -0.39 is 0 Å². The first kappa shape index (κ1) is 21.0. The summed E-state index contributed by atoms with van der Waals surface area (Å²) in [6.07, 6.45) is 5.24. The summed E-state index contributed by atoms with van der Waals surface area (Å²) in [5.74, 6) is 0.631. The van der Waals surface area contributed by atoms with Crippen LogP contribution in [-0.4, -0.2) is 56.7 Å². The van der Waals surface area contributed by atoms with Gasteiger partial charge < -0.3 is 20.4 Å². The number of benzene rings is 1. The Hall–Kier alpha value is -2.88. The molecule has 1 aliphatic rings. The van der Waals surface area contributed by atoms with E-state index in [1.807, 2.05) is 25.4 Å². The van der Waals surface area contributed by atoms with Gasteiger partial charge in [-0.05, 0) is 18.9 Å². The van der Waals surface area contributed by atoms with Crippen LogP contribution < -0.4 is 16.2 Å². The third kappa shape index (κ3) is 3.11. The van der Waals surface area contributed by atoms with Crippen molar-refractivity contribution in [1.29, 1.82) is 0 Å². The fourth-order valence-electron chi connectivity index (χ4n) is 4.64. The standard InChI is InChI=1S/C22H26ClN7O2/c1-28-11-15-16(27-28)5-4-13(18(15)23)14-10-25-19-17(14)20(31)29(2)21(26-19)30-8-6-22(12-24,32-3)7-9-30/h4-5,10-11,25H,6-9,12,24H2,1-3H3. The SMILES string of the molecule is COC1(CN)CCN(c2nc3[nH]cc(-c4ccc5nn(C)cc5c4Cl)c3c(=O)n2C)CC1. The molecule has 1 saturated heterocycles. The van der Waals surface area contributed by atoms with Crippen molar-refractivity contribution in [2.75, 3.05) is 31.6 Å². The van der Waals surface area contributed by atoms with E-state index >= 15 is 0 Å². The summed E-state index contributed by atoms with van der Waals surface area (Å²) < 4.78 is 9.00. The van der Waals surface area contributed by atoms with E-state index in [0.29, 0.717) is 41.6 Å². The minimum atomic E-state index is -0.305. The Bertz CT molecular complexity index is 1370. The zero-order valence-corrected chi connectivity index (χ0v) is 19.1. The Kier molecular flexibility index (Phi) is 4.99. The third-order valence-corrected chi connectivity index (χ3v) is 7.09. The number of hydrogen-bond acceptors (Lipinski definition) is 6. The molecular weight excluding hydrogens is 430 g/mol. The topological polar surface area (TPSA) is 107 Å². The van der Waals surface area contributed by atoms with Gasteiger partial charge in [0.25, 0.3) is 5.56 Å². The van der Waals surface area contributed by atoms with Gasteiger partial charge in [-0.3, -0.25) is 14.0 Å².